The number of benzene rings is 6. The van der Waals surface area contributed by atoms with E-state index in [-0.39, 0.29) is 0 Å². The monoisotopic (exact) mass is 534 g/mol. The molecule has 0 amide bonds. The van der Waals surface area contributed by atoms with Crippen LogP contribution in [-0.4, -0.2) is 9.97 Å². The van der Waals surface area contributed by atoms with Crippen LogP contribution in [0.4, 0.5) is 0 Å². The van der Waals surface area contributed by atoms with Crippen molar-refractivity contribution in [3.8, 4) is 44.6 Å². The normalized spacial score (nSPS) is 11.3. The highest BCUT2D eigenvalue weighted by Gasteiger charge is 2.13. The lowest BCUT2D eigenvalue weighted by molar-refractivity contribution is 1.40. The first-order valence-electron chi connectivity index (χ1n) is 14.2. The Bertz CT molecular complexity index is 2220. The fourth-order valence-electron chi connectivity index (χ4n) is 5.92. The number of fused-ring (bicyclic) bond motifs is 4. The molecule has 2 nitrogen and oxygen atoms in total. The molecule has 0 fully saturated rings. The average Bonchev–Trinajstić information content (AvgIpc) is 3.08. The van der Waals surface area contributed by atoms with Crippen LogP contribution in [0.3, 0.4) is 0 Å². The van der Waals surface area contributed by atoms with Crippen LogP contribution < -0.4 is 0 Å². The number of para-hydroxylation sites is 1. The molecule has 6 aromatic carbocycles. The highest BCUT2D eigenvalue weighted by Crippen LogP contribution is 2.37. The van der Waals surface area contributed by atoms with Crippen molar-refractivity contribution in [1.82, 2.24) is 9.97 Å². The summed E-state index contributed by atoms with van der Waals surface area (Å²) in [5.74, 6) is 0. The molecule has 0 saturated heterocycles. The maximum absolute atomic E-state index is 5.14. The molecule has 42 heavy (non-hydrogen) atoms. The quantitative estimate of drug-likeness (QED) is 0.210. The number of aromatic nitrogens is 2. The Hall–Kier alpha value is -5.60. The molecule has 2 heterocycles. The lowest BCUT2D eigenvalue weighted by atomic mass is 9.94. The Labute approximate surface area is 244 Å². The minimum absolute atomic E-state index is 0.974. The van der Waals surface area contributed by atoms with Gasteiger partial charge in [0.1, 0.15) is 0 Å². The molecule has 2 heteroatoms. The standard InChI is InChI=1S/C40H26N2/c1-2-8-30(9-3-1)36-25-39(42-38-23-22-31-10-4-6-12-35(31)40(36)38)32-20-18-28(19-21-32)27-14-16-29(17-15-27)34-24-33-11-5-7-13-37(33)41-26-34/h1-26H. The first kappa shape index (κ1) is 24.2. The van der Waals surface area contributed by atoms with Gasteiger partial charge < -0.3 is 0 Å². The number of hydrogen-bond acceptors (Lipinski definition) is 2. The molecule has 0 aliphatic rings. The van der Waals surface area contributed by atoms with E-state index < -0.39 is 0 Å². The largest absolute Gasteiger partial charge is 0.256 e. The first-order chi connectivity index (χ1) is 20.8. The fourth-order valence-corrected chi connectivity index (χ4v) is 5.92. The van der Waals surface area contributed by atoms with Gasteiger partial charge >= 0.3 is 0 Å². The van der Waals surface area contributed by atoms with Crippen molar-refractivity contribution in [3.63, 3.8) is 0 Å². The number of rotatable bonds is 4. The Morgan fingerprint density at radius 3 is 1.76 bits per heavy atom. The summed E-state index contributed by atoms with van der Waals surface area (Å²) in [6, 6.07) is 53.7. The molecule has 2 aromatic heterocycles. The summed E-state index contributed by atoms with van der Waals surface area (Å²) >= 11 is 0. The van der Waals surface area contributed by atoms with Gasteiger partial charge in [-0.3, -0.25) is 4.98 Å². The second-order valence-corrected chi connectivity index (χ2v) is 10.7. The Morgan fingerprint density at radius 2 is 1.00 bits per heavy atom. The first-order valence-corrected chi connectivity index (χ1v) is 14.2. The molecule has 8 aromatic rings. The third kappa shape index (κ3) is 4.31. The third-order valence-electron chi connectivity index (χ3n) is 8.11. The van der Waals surface area contributed by atoms with Gasteiger partial charge in [-0.1, -0.05) is 127 Å². The summed E-state index contributed by atoms with van der Waals surface area (Å²) in [5.41, 5.74) is 11.1. The van der Waals surface area contributed by atoms with Crippen LogP contribution in [0.5, 0.6) is 0 Å². The molecule has 0 aliphatic carbocycles. The maximum atomic E-state index is 5.14. The van der Waals surface area contributed by atoms with Crippen molar-refractivity contribution in [2.45, 2.75) is 0 Å². The highest BCUT2D eigenvalue weighted by molar-refractivity contribution is 6.13. The summed E-state index contributed by atoms with van der Waals surface area (Å²) in [4.78, 5) is 9.77. The summed E-state index contributed by atoms with van der Waals surface area (Å²) < 4.78 is 0. The highest BCUT2D eigenvalue weighted by atomic mass is 14.7. The second kappa shape index (κ2) is 10.1. The molecule has 0 N–H and O–H groups in total. The van der Waals surface area contributed by atoms with E-state index in [4.69, 9.17) is 4.98 Å². The van der Waals surface area contributed by atoms with Gasteiger partial charge in [-0.2, -0.15) is 0 Å². The molecule has 0 bridgehead atoms. The van der Waals surface area contributed by atoms with Crippen LogP contribution >= 0.6 is 0 Å². The third-order valence-corrected chi connectivity index (χ3v) is 8.11. The Balaban J connectivity index is 1.16. The number of hydrogen-bond donors (Lipinski definition) is 0. The lowest BCUT2D eigenvalue weighted by Gasteiger charge is -2.13. The van der Waals surface area contributed by atoms with Crippen molar-refractivity contribution >= 4 is 32.6 Å². The summed E-state index contributed by atoms with van der Waals surface area (Å²) in [7, 11) is 0. The predicted octanol–water partition coefficient (Wildman–Crippen LogP) is 10.6. The average molecular weight is 535 g/mol. The maximum Gasteiger partial charge on any atom is 0.0722 e. The molecule has 0 radical (unpaired) electrons. The van der Waals surface area contributed by atoms with Crippen LogP contribution in [0, 0.1) is 0 Å². The summed E-state index contributed by atoms with van der Waals surface area (Å²) in [5, 5.41) is 4.80. The molecule has 0 aliphatic heterocycles. The van der Waals surface area contributed by atoms with Gasteiger partial charge in [-0.15, -0.1) is 0 Å². The van der Waals surface area contributed by atoms with Crippen molar-refractivity contribution in [3.05, 3.63) is 158 Å². The number of nitrogens with zero attached hydrogens (tertiary/aromatic N) is 2. The lowest BCUT2D eigenvalue weighted by Crippen LogP contribution is -1.91. The molecule has 0 saturated carbocycles. The van der Waals surface area contributed by atoms with Crippen LogP contribution in [-0.2, 0) is 0 Å². The van der Waals surface area contributed by atoms with E-state index in [2.05, 4.69) is 145 Å². The number of pyridine rings is 2. The Kier molecular flexibility index (Phi) is 5.82. The molecule has 0 unspecified atom stereocenters. The van der Waals surface area contributed by atoms with Crippen LogP contribution in [0.2, 0.25) is 0 Å². The van der Waals surface area contributed by atoms with E-state index in [9.17, 15) is 0 Å². The molecular formula is C40H26N2. The van der Waals surface area contributed by atoms with Gasteiger partial charge in [-0.05, 0) is 62.9 Å². The topological polar surface area (TPSA) is 25.8 Å². The second-order valence-electron chi connectivity index (χ2n) is 10.7. The van der Waals surface area contributed by atoms with E-state index in [0.29, 0.717) is 0 Å². The summed E-state index contributed by atoms with van der Waals surface area (Å²) in [6.45, 7) is 0. The minimum atomic E-state index is 0.974. The Morgan fingerprint density at radius 1 is 0.381 bits per heavy atom. The van der Waals surface area contributed by atoms with E-state index in [1.165, 1.54) is 38.4 Å². The van der Waals surface area contributed by atoms with Gasteiger partial charge in [0, 0.05) is 28.1 Å². The van der Waals surface area contributed by atoms with Crippen molar-refractivity contribution in [2.75, 3.05) is 0 Å². The summed E-state index contributed by atoms with van der Waals surface area (Å²) in [6.07, 6.45) is 1.95. The van der Waals surface area contributed by atoms with Crippen LogP contribution in [0.1, 0.15) is 0 Å². The SMILES string of the molecule is c1ccc(-c2cc(-c3ccc(-c4ccc(-c5cnc6ccccc6c5)cc4)cc3)nc3ccc4ccccc4c23)cc1. The molecule has 0 atom stereocenters. The van der Waals surface area contributed by atoms with E-state index in [1.54, 1.807) is 0 Å². The van der Waals surface area contributed by atoms with Gasteiger partial charge in [-0.25, -0.2) is 4.98 Å². The van der Waals surface area contributed by atoms with E-state index in [1.807, 2.05) is 18.3 Å². The zero-order valence-electron chi connectivity index (χ0n) is 22.9. The van der Waals surface area contributed by atoms with Crippen LogP contribution in [0.15, 0.2) is 158 Å². The van der Waals surface area contributed by atoms with Gasteiger partial charge in [0.2, 0.25) is 0 Å². The molecule has 196 valence electrons. The molecule has 8 rings (SSSR count). The van der Waals surface area contributed by atoms with Crippen LogP contribution in [0.25, 0.3) is 77.2 Å². The smallest absolute Gasteiger partial charge is 0.0722 e. The van der Waals surface area contributed by atoms with Gasteiger partial charge in [0.15, 0.2) is 0 Å². The van der Waals surface area contributed by atoms with Crippen molar-refractivity contribution < 1.29 is 0 Å². The molecular weight excluding hydrogens is 508 g/mol. The zero-order valence-corrected chi connectivity index (χ0v) is 22.9. The van der Waals surface area contributed by atoms with Gasteiger partial charge in [0.25, 0.3) is 0 Å². The minimum Gasteiger partial charge on any atom is -0.256 e. The van der Waals surface area contributed by atoms with E-state index in [0.717, 1.165) is 38.8 Å². The van der Waals surface area contributed by atoms with Crippen molar-refractivity contribution in [2.24, 2.45) is 0 Å². The zero-order chi connectivity index (χ0) is 27.9. The van der Waals surface area contributed by atoms with E-state index >= 15 is 0 Å². The van der Waals surface area contributed by atoms with Gasteiger partial charge in [0.05, 0.1) is 16.7 Å². The van der Waals surface area contributed by atoms with Crippen molar-refractivity contribution in [1.29, 1.82) is 0 Å². The predicted molar refractivity (Wildman–Crippen MR) is 176 cm³/mol. The molecule has 0 spiro atoms. The fraction of sp³-hybridized carbons (Fsp3) is 0.